The van der Waals surface area contributed by atoms with Crippen molar-refractivity contribution in [3.05, 3.63) is 39.9 Å². The summed E-state index contributed by atoms with van der Waals surface area (Å²) in [6.07, 6.45) is 0. The van der Waals surface area contributed by atoms with Gasteiger partial charge in [-0.15, -0.1) is 11.3 Å². The van der Waals surface area contributed by atoms with E-state index in [4.69, 9.17) is 11.6 Å². The molecule has 2 rings (SSSR count). The summed E-state index contributed by atoms with van der Waals surface area (Å²) < 4.78 is 0. The summed E-state index contributed by atoms with van der Waals surface area (Å²) in [7, 11) is 0. The molecule has 0 aliphatic carbocycles. The summed E-state index contributed by atoms with van der Waals surface area (Å²) in [4.78, 5) is 31.7. The van der Waals surface area contributed by atoms with Crippen LogP contribution < -0.4 is 5.32 Å². The highest BCUT2D eigenvalue weighted by molar-refractivity contribution is 7.17. The van der Waals surface area contributed by atoms with Crippen molar-refractivity contribution in [1.82, 2.24) is 15.2 Å². The smallest absolute Gasteiger partial charge is 0.266 e. The second-order valence-corrected chi connectivity index (χ2v) is 8.50. The molecule has 26 heavy (non-hydrogen) atoms. The van der Waals surface area contributed by atoms with Crippen molar-refractivity contribution in [1.29, 1.82) is 0 Å². The molecule has 0 fully saturated rings. The van der Waals surface area contributed by atoms with Gasteiger partial charge in [-0.05, 0) is 46.8 Å². The Balaban J connectivity index is 2.21. The molecule has 1 heterocycles. The van der Waals surface area contributed by atoms with E-state index < -0.39 is 0 Å². The Labute approximate surface area is 163 Å². The van der Waals surface area contributed by atoms with Crippen molar-refractivity contribution in [2.75, 3.05) is 13.1 Å². The molecular weight excluding hydrogens is 370 g/mol. The number of carbonyl (C=O) groups excluding carboxylic acids is 2. The van der Waals surface area contributed by atoms with Crippen LogP contribution in [0.15, 0.2) is 24.3 Å². The van der Waals surface area contributed by atoms with Gasteiger partial charge in [0.1, 0.15) is 9.88 Å². The normalized spacial score (nSPS) is 11.3. The van der Waals surface area contributed by atoms with E-state index in [0.29, 0.717) is 22.1 Å². The van der Waals surface area contributed by atoms with Crippen molar-refractivity contribution in [2.45, 2.75) is 40.2 Å². The summed E-state index contributed by atoms with van der Waals surface area (Å²) >= 11 is 7.36. The van der Waals surface area contributed by atoms with E-state index in [1.807, 2.05) is 45.9 Å². The Hall–Kier alpha value is -1.92. The minimum atomic E-state index is -0.334. The quantitative estimate of drug-likeness (QED) is 0.829. The van der Waals surface area contributed by atoms with E-state index in [1.54, 1.807) is 13.0 Å². The second-order valence-electron chi connectivity index (χ2n) is 7.06. The van der Waals surface area contributed by atoms with E-state index in [9.17, 15) is 9.59 Å². The van der Waals surface area contributed by atoms with Crippen molar-refractivity contribution >= 4 is 34.8 Å². The summed E-state index contributed by atoms with van der Waals surface area (Å²) in [5, 5.41) is 4.24. The Morgan fingerprint density at radius 1 is 1.31 bits per heavy atom. The molecule has 0 saturated heterocycles. The number of nitrogens with one attached hydrogen (secondary N) is 1. The zero-order valence-corrected chi connectivity index (χ0v) is 17.3. The fraction of sp³-hybridized carbons (Fsp3) is 0.421. The van der Waals surface area contributed by atoms with Gasteiger partial charge in [-0.2, -0.15) is 0 Å². The molecule has 7 heteroatoms. The summed E-state index contributed by atoms with van der Waals surface area (Å²) in [6, 6.07) is 7.38. The van der Waals surface area contributed by atoms with Crippen LogP contribution in [0.1, 0.15) is 43.1 Å². The molecule has 140 valence electrons. The molecule has 0 aliphatic heterocycles. The first-order valence-corrected chi connectivity index (χ1v) is 9.64. The summed E-state index contributed by atoms with van der Waals surface area (Å²) in [5.41, 5.74) is 1.20. The number of thiazole rings is 1. The highest BCUT2D eigenvalue weighted by Gasteiger charge is 2.24. The van der Waals surface area contributed by atoms with E-state index >= 15 is 0 Å². The maximum atomic E-state index is 12.9. The van der Waals surface area contributed by atoms with E-state index in [2.05, 4.69) is 10.3 Å². The Morgan fingerprint density at radius 3 is 2.58 bits per heavy atom. The van der Waals surface area contributed by atoms with Gasteiger partial charge < -0.3 is 10.2 Å². The van der Waals surface area contributed by atoms with Crippen LogP contribution in [0.25, 0.3) is 10.6 Å². The van der Waals surface area contributed by atoms with Gasteiger partial charge in [-0.3, -0.25) is 9.59 Å². The predicted octanol–water partition coefficient (Wildman–Crippen LogP) is 4.15. The lowest BCUT2D eigenvalue weighted by molar-refractivity contribution is -0.123. The first-order chi connectivity index (χ1) is 12.1. The molecule has 0 saturated carbocycles. The Bertz CT molecular complexity index is 811. The Morgan fingerprint density at radius 2 is 2.00 bits per heavy atom. The van der Waals surface area contributed by atoms with Gasteiger partial charge in [-0.1, -0.05) is 23.7 Å². The molecule has 0 unspecified atom stereocenters. The molecule has 1 aromatic heterocycles. The largest absolute Gasteiger partial charge is 0.350 e. The van der Waals surface area contributed by atoms with Crippen LogP contribution in [0.5, 0.6) is 0 Å². The third kappa shape index (κ3) is 5.29. The number of likely N-dealkylation sites (N-methyl/N-ethyl adjacent to an activating group) is 1. The topological polar surface area (TPSA) is 62.3 Å². The van der Waals surface area contributed by atoms with Gasteiger partial charge in [0.2, 0.25) is 5.91 Å². The van der Waals surface area contributed by atoms with E-state index in [1.165, 1.54) is 16.2 Å². The van der Waals surface area contributed by atoms with Crippen LogP contribution >= 0.6 is 22.9 Å². The second kappa shape index (κ2) is 8.18. The van der Waals surface area contributed by atoms with E-state index in [-0.39, 0.29) is 23.9 Å². The van der Waals surface area contributed by atoms with Crippen molar-refractivity contribution in [3.8, 4) is 10.6 Å². The minimum absolute atomic E-state index is 0.0242. The summed E-state index contributed by atoms with van der Waals surface area (Å²) in [6.45, 7) is 9.86. The number of aryl methyl sites for hydroxylation is 1. The lowest BCUT2D eigenvalue weighted by atomic mass is 10.1. The maximum absolute atomic E-state index is 12.9. The van der Waals surface area contributed by atoms with Crippen molar-refractivity contribution in [2.24, 2.45) is 0 Å². The molecule has 5 nitrogen and oxygen atoms in total. The van der Waals surface area contributed by atoms with Gasteiger partial charge in [0.05, 0.1) is 12.2 Å². The summed E-state index contributed by atoms with van der Waals surface area (Å²) in [5.74, 6) is -0.357. The van der Waals surface area contributed by atoms with Gasteiger partial charge in [0, 0.05) is 22.7 Å². The van der Waals surface area contributed by atoms with Crippen LogP contribution in [0.2, 0.25) is 5.02 Å². The van der Waals surface area contributed by atoms with Crippen LogP contribution in [0.3, 0.4) is 0 Å². The number of amides is 2. The average Bonchev–Trinajstić information content (AvgIpc) is 2.92. The number of hydrogen-bond donors (Lipinski definition) is 1. The first-order valence-electron chi connectivity index (χ1n) is 8.44. The molecule has 0 bridgehead atoms. The SMILES string of the molecule is CCN(CC(=O)NC(C)(C)C)C(=O)c1sc(-c2cccc(Cl)c2)nc1C. The number of aromatic nitrogens is 1. The number of carbonyl (C=O) groups is 2. The molecule has 1 N–H and O–H groups in total. The van der Waals surface area contributed by atoms with E-state index in [0.717, 1.165) is 10.6 Å². The first kappa shape index (κ1) is 20.4. The van der Waals surface area contributed by atoms with Crippen LogP contribution in [0.4, 0.5) is 0 Å². The maximum Gasteiger partial charge on any atom is 0.266 e. The molecule has 0 radical (unpaired) electrons. The van der Waals surface area contributed by atoms with Crippen LogP contribution in [-0.2, 0) is 4.79 Å². The third-order valence-corrected chi connectivity index (χ3v) is 5.01. The monoisotopic (exact) mass is 393 g/mol. The number of nitrogens with zero attached hydrogens (tertiary/aromatic N) is 2. The molecular formula is C19H24ClN3O2S. The van der Waals surface area contributed by atoms with Gasteiger partial charge >= 0.3 is 0 Å². The molecule has 2 amide bonds. The van der Waals surface area contributed by atoms with Crippen molar-refractivity contribution < 1.29 is 9.59 Å². The molecule has 0 atom stereocenters. The number of benzene rings is 1. The fourth-order valence-electron chi connectivity index (χ4n) is 2.44. The predicted molar refractivity (Wildman–Crippen MR) is 107 cm³/mol. The lowest BCUT2D eigenvalue weighted by Crippen LogP contribution is -2.47. The van der Waals surface area contributed by atoms with Crippen LogP contribution in [0, 0.1) is 6.92 Å². The molecule has 1 aromatic carbocycles. The lowest BCUT2D eigenvalue weighted by Gasteiger charge is -2.24. The number of hydrogen-bond acceptors (Lipinski definition) is 4. The number of halogens is 1. The average molecular weight is 394 g/mol. The van der Waals surface area contributed by atoms with Gasteiger partial charge in [0.15, 0.2) is 0 Å². The highest BCUT2D eigenvalue weighted by atomic mass is 35.5. The van der Waals surface area contributed by atoms with Crippen molar-refractivity contribution in [3.63, 3.8) is 0 Å². The minimum Gasteiger partial charge on any atom is -0.350 e. The standard InChI is InChI=1S/C19H24ClN3O2S/c1-6-23(11-15(24)22-19(3,4)5)18(25)16-12(2)21-17(26-16)13-8-7-9-14(20)10-13/h7-10H,6,11H2,1-5H3,(H,22,24). The molecule has 0 aliphatic rings. The number of rotatable bonds is 5. The molecule has 2 aromatic rings. The highest BCUT2D eigenvalue weighted by Crippen LogP contribution is 2.30. The molecule has 0 spiro atoms. The van der Waals surface area contributed by atoms with Gasteiger partial charge in [-0.25, -0.2) is 4.98 Å². The fourth-order valence-corrected chi connectivity index (χ4v) is 3.66. The third-order valence-electron chi connectivity index (χ3n) is 3.58. The Kier molecular flexibility index (Phi) is 6.42. The zero-order chi connectivity index (χ0) is 19.5. The van der Waals surface area contributed by atoms with Gasteiger partial charge in [0.25, 0.3) is 5.91 Å². The zero-order valence-electron chi connectivity index (χ0n) is 15.7. The van der Waals surface area contributed by atoms with Crippen LogP contribution in [-0.4, -0.2) is 40.3 Å².